The van der Waals surface area contributed by atoms with Gasteiger partial charge in [0.1, 0.15) is 24.9 Å². The number of ether oxygens (including phenoxy) is 5. The summed E-state index contributed by atoms with van der Waals surface area (Å²) in [7, 11) is 0. The fourth-order valence-corrected chi connectivity index (χ4v) is 3.02. The molecule has 1 aliphatic rings. The van der Waals surface area contributed by atoms with E-state index >= 15 is 0 Å². The lowest BCUT2D eigenvalue weighted by Crippen LogP contribution is -2.47. The molecule has 1 unspecified atom stereocenters. The molecule has 0 bridgehead atoms. The van der Waals surface area contributed by atoms with E-state index in [9.17, 15) is 9.59 Å². The minimum atomic E-state index is -0.864. The van der Waals surface area contributed by atoms with Gasteiger partial charge in [-0.1, -0.05) is 43.0 Å². The fourth-order valence-electron chi connectivity index (χ4n) is 3.02. The van der Waals surface area contributed by atoms with Gasteiger partial charge >= 0.3 is 12.2 Å². The molecule has 3 atom stereocenters. The van der Waals surface area contributed by atoms with Crippen molar-refractivity contribution < 1.29 is 33.3 Å². The van der Waals surface area contributed by atoms with Crippen LogP contribution in [0.4, 0.5) is 9.59 Å². The quantitative estimate of drug-likeness (QED) is 0.451. The van der Waals surface area contributed by atoms with Gasteiger partial charge in [0.15, 0.2) is 6.29 Å². The fraction of sp³-hybridized carbons (Fsp3) is 0.565. The second-order valence-electron chi connectivity index (χ2n) is 8.18. The minimum Gasteiger partial charge on any atom is -0.444 e. The summed E-state index contributed by atoms with van der Waals surface area (Å²) in [6.45, 7) is 9.26. The molecule has 0 aliphatic carbocycles. The Hall–Kier alpha value is -2.58. The number of hydrogen-bond acceptors (Lipinski definition) is 7. The first-order chi connectivity index (χ1) is 14.8. The Balaban J connectivity index is 2.21. The molecule has 8 heteroatoms. The van der Waals surface area contributed by atoms with Gasteiger partial charge in [-0.25, -0.2) is 9.59 Å². The second kappa shape index (κ2) is 12.3. The highest BCUT2D eigenvalue weighted by atomic mass is 16.7. The number of amides is 1. The molecule has 1 saturated heterocycles. The molecule has 1 heterocycles. The van der Waals surface area contributed by atoms with Crippen molar-refractivity contribution in [3.63, 3.8) is 0 Å². The van der Waals surface area contributed by atoms with E-state index in [0.717, 1.165) is 24.8 Å². The normalized spacial score (nSPS) is 18.4. The third kappa shape index (κ3) is 9.40. The van der Waals surface area contributed by atoms with E-state index in [2.05, 4.69) is 11.9 Å². The third-order valence-corrected chi connectivity index (χ3v) is 4.33. The lowest BCUT2D eigenvalue weighted by molar-refractivity contribution is -0.197. The number of hydrogen-bond donors (Lipinski definition) is 1. The van der Waals surface area contributed by atoms with Gasteiger partial charge in [-0.15, -0.1) is 0 Å². The molecule has 8 nitrogen and oxygen atoms in total. The van der Waals surface area contributed by atoms with E-state index in [1.54, 1.807) is 20.8 Å². The zero-order valence-corrected chi connectivity index (χ0v) is 18.5. The molecule has 0 aromatic heterocycles. The predicted molar refractivity (Wildman–Crippen MR) is 115 cm³/mol. The summed E-state index contributed by atoms with van der Waals surface area (Å²) >= 11 is 0. The van der Waals surface area contributed by atoms with Gasteiger partial charge in [0.05, 0.1) is 6.04 Å². The molecule has 0 saturated carbocycles. The van der Waals surface area contributed by atoms with Crippen molar-refractivity contribution in [3.8, 4) is 0 Å². The maximum Gasteiger partial charge on any atom is 0.508 e. The average Bonchev–Trinajstić information content (AvgIpc) is 2.73. The highest BCUT2D eigenvalue weighted by Crippen LogP contribution is 2.27. The molecule has 1 fully saturated rings. The van der Waals surface area contributed by atoms with Crippen LogP contribution in [-0.4, -0.2) is 50.0 Å². The first kappa shape index (κ1) is 24.7. The van der Waals surface area contributed by atoms with Gasteiger partial charge in [-0.2, -0.15) is 0 Å². The average molecular weight is 436 g/mol. The van der Waals surface area contributed by atoms with Crippen LogP contribution in [0.15, 0.2) is 43.0 Å². The zero-order valence-electron chi connectivity index (χ0n) is 18.5. The Bertz CT molecular complexity index is 696. The van der Waals surface area contributed by atoms with Crippen molar-refractivity contribution in [2.75, 3.05) is 19.8 Å². The molecule has 1 N–H and O–H groups in total. The zero-order chi connectivity index (χ0) is 22.7. The lowest BCUT2D eigenvalue weighted by atomic mass is 10.0. The lowest BCUT2D eigenvalue weighted by Gasteiger charge is -2.33. The van der Waals surface area contributed by atoms with Crippen LogP contribution < -0.4 is 5.32 Å². The van der Waals surface area contributed by atoms with Crippen LogP contribution in [0.25, 0.3) is 0 Å². The Morgan fingerprint density at radius 2 is 1.97 bits per heavy atom. The second-order valence-corrected chi connectivity index (χ2v) is 8.18. The SMILES string of the molecule is C=CCOC(=O)OC[C@@H](NC(=O)OC(C)(C)C)[C@H](OC1CCCCO1)c1ccccc1. The number of alkyl carbamates (subject to hydrolysis) is 1. The number of carbonyl (C=O) groups excluding carboxylic acids is 2. The predicted octanol–water partition coefficient (Wildman–Crippen LogP) is 4.50. The van der Waals surface area contributed by atoms with Gasteiger partial charge in [0.2, 0.25) is 0 Å². The number of nitrogens with one attached hydrogen (secondary N) is 1. The van der Waals surface area contributed by atoms with Crippen LogP contribution in [0.2, 0.25) is 0 Å². The van der Waals surface area contributed by atoms with Crippen molar-refractivity contribution in [1.29, 1.82) is 0 Å². The van der Waals surface area contributed by atoms with E-state index in [0.29, 0.717) is 6.61 Å². The molecule has 2 rings (SSSR count). The van der Waals surface area contributed by atoms with Crippen LogP contribution in [0, 0.1) is 0 Å². The van der Waals surface area contributed by atoms with Crippen molar-refractivity contribution in [2.45, 2.75) is 64.1 Å². The van der Waals surface area contributed by atoms with Crippen molar-refractivity contribution in [3.05, 3.63) is 48.6 Å². The van der Waals surface area contributed by atoms with Gasteiger partial charge in [0, 0.05) is 6.61 Å². The first-order valence-corrected chi connectivity index (χ1v) is 10.5. The van der Waals surface area contributed by atoms with Gasteiger partial charge < -0.3 is 29.0 Å². The first-order valence-electron chi connectivity index (χ1n) is 10.5. The minimum absolute atomic E-state index is 0.0253. The van der Waals surface area contributed by atoms with E-state index in [4.69, 9.17) is 23.7 Å². The van der Waals surface area contributed by atoms with Gasteiger partial charge in [-0.05, 0) is 45.6 Å². The molecule has 1 aromatic rings. The molecule has 1 aliphatic heterocycles. The van der Waals surface area contributed by atoms with E-state index < -0.39 is 36.3 Å². The molecular weight excluding hydrogens is 402 g/mol. The van der Waals surface area contributed by atoms with Crippen molar-refractivity contribution in [2.24, 2.45) is 0 Å². The van der Waals surface area contributed by atoms with Crippen LogP contribution in [-0.2, 0) is 23.7 Å². The summed E-state index contributed by atoms with van der Waals surface area (Å²) in [5.74, 6) is 0. The Kier molecular flexibility index (Phi) is 9.81. The smallest absolute Gasteiger partial charge is 0.444 e. The Labute approximate surface area is 183 Å². The monoisotopic (exact) mass is 435 g/mol. The van der Waals surface area contributed by atoms with Crippen LogP contribution >= 0.6 is 0 Å². The maximum atomic E-state index is 12.5. The molecule has 0 radical (unpaired) electrons. The third-order valence-electron chi connectivity index (χ3n) is 4.33. The highest BCUT2D eigenvalue weighted by Gasteiger charge is 2.32. The molecule has 0 spiro atoms. The summed E-state index contributed by atoms with van der Waals surface area (Å²) in [6.07, 6.45) is 1.58. The molecule has 31 heavy (non-hydrogen) atoms. The topological polar surface area (TPSA) is 92.3 Å². The van der Waals surface area contributed by atoms with Crippen LogP contribution in [0.1, 0.15) is 51.7 Å². The number of rotatable bonds is 9. The van der Waals surface area contributed by atoms with E-state index in [1.165, 1.54) is 6.08 Å². The van der Waals surface area contributed by atoms with E-state index in [1.807, 2.05) is 30.3 Å². The molecular formula is C23H33NO7. The summed E-state index contributed by atoms with van der Waals surface area (Å²) in [5.41, 5.74) is 0.120. The molecule has 1 aromatic carbocycles. The summed E-state index contributed by atoms with van der Waals surface area (Å²) < 4.78 is 27.5. The largest absolute Gasteiger partial charge is 0.508 e. The maximum absolute atomic E-state index is 12.5. The van der Waals surface area contributed by atoms with Gasteiger partial charge in [0.25, 0.3) is 0 Å². The molecule has 1 amide bonds. The highest BCUT2D eigenvalue weighted by molar-refractivity contribution is 5.68. The standard InChI is InChI=1S/C23H33NO7/c1-5-14-28-22(26)29-16-18(24-21(25)31-23(2,3)4)20(17-11-7-6-8-12-17)30-19-13-9-10-15-27-19/h5-8,11-12,18-20H,1,9-10,13-16H2,2-4H3,(H,24,25)/t18-,19?,20-/m1/s1. The number of benzene rings is 1. The summed E-state index contributed by atoms with van der Waals surface area (Å²) in [4.78, 5) is 24.4. The van der Waals surface area contributed by atoms with E-state index in [-0.39, 0.29) is 13.2 Å². The number of carbonyl (C=O) groups is 2. The van der Waals surface area contributed by atoms with Crippen molar-refractivity contribution in [1.82, 2.24) is 5.32 Å². The van der Waals surface area contributed by atoms with Crippen LogP contribution in [0.5, 0.6) is 0 Å². The summed E-state index contributed by atoms with van der Waals surface area (Å²) in [6, 6.07) is 8.66. The Morgan fingerprint density at radius 1 is 1.23 bits per heavy atom. The van der Waals surface area contributed by atoms with Gasteiger partial charge in [-0.3, -0.25) is 0 Å². The van der Waals surface area contributed by atoms with Crippen molar-refractivity contribution >= 4 is 12.2 Å². The molecule has 172 valence electrons. The van der Waals surface area contributed by atoms with Crippen LogP contribution in [0.3, 0.4) is 0 Å². The Morgan fingerprint density at radius 3 is 2.58 bits per heavy atom. The summed E-state index contributed by atoms with van der Waals surface area (Å²) in [5, 5.41) is 2.78.